The average Bonchev–Trinajstić information content (AvgIpc) is 2.66. The minimum Gasteiger partial charge on any atom is -0.618 e. The Balaban J connectivity index is 1.70. The number of ether oxygens (including phenoxy) is 1. The Morgan fingerprint density at radius 2 is 2.40 bits per heavy atom. The fourth-order valence-electron chi connectivity index (χ4n) is 4.49. The monoisotopic (exact) mass is 343 g/mol. The van der Waals surface area contributed by atoms with Gasteiger partial charge in [-0.1, -0.05) is 6.08 Å². The van der Waals surface area contributed by atoms with Gasteiger partial charge in [0.05, 0.1) is 22.6 Å². The van der Waals surface area contributed by atoms with Crippen molar-refractivity contribution < 1.29 is 18.7 Å². The summed E-state index contributed by atoms with van der Waals surface area (Å²) in [6, 6.07) is 6.10. The predicted molar refractivity (Wildman–Crippen MR) is 96.2 cm³/mol. The fourth-order valence-corrected chi connectivity index (χ4v) is 4.49. The largest absolute Gasteiger partial charge is 0.618 e. The maximum atomic E-state index is 12.2. The van der Waals surface area contributed by atoms with Gasteiger partial charge in [0.2, 0.25) is 5.52 Å². The molecule has 5 heteroatoms. The van der Waals surface area contributed by atoms with E-state index in [1.165, 1.54) is 24.4 Å². The van der Waals surface area contributed by atoms with Crippen molar-refractivity contribution in [3.63, 3.8) is 0 Å². The van der Waals surface area contributed by atoms with E-state index in [4.69, 9.17) is 8.85 Å². The lowest BCUT2D eigenvalue weighted by molar-refractivity contribution is -0.577. The number of methoxy groups -OCH3 is 1. The third-order valence-corrected chi connectivity index (χ3v) is 5.86. The second kappa shape index (κ2) is 6.32. The lowest BCUT2D eigenvalue weighted by Gasteiger charge is -2.50. The lowest BCUT2D eigenvalue weighted by Crippen LogP contribution is -2.54. The SMILES string of the molecule is [2H]C([2H])([2H])Oc1ccc2c(c1)c([C@H](O)[C@H]1C[C@@H]3CCN1C[C@@H]3C=C)cc[n+]2[O-]. The van der Waals surface area contributed by atoms with Crippen molar-refractivity contribution in [2.75, 3.05) is 20.1 Å². The number of hydrogen-bond donors (Lipinski definition) is 1. The van der Waals surface area contributed by atoms with Gasteiger partial charge in [-0.05, 0) is 43.4 Å². The van der Waals surface area contributed by atoms with Crippen LogP contribution in [-0.2, 0) is 0 Å². The number of hydrogen-bond acceptors (Lipinski definition) is 4. The summed E-state index contributed by atoms with van der Waals surface area (Å²) in [6.07, 6.45) is 4.59. The van der Waals surface area contributed by atoms with Crippen molar-refractivity contribution in [3.05, 3.63) is 53.9 Å². The Bertz CT molecular complexity index is 902. The van der Waals surface area contributed by atoms with Crippen molar-refractivity contribution in [3.8, 4) is 5.75 Å². The van der Waals surface area contributed by atoms with Crippen LogP contribution in [0, 0.1) is 17.0 Å². The van der Waals surface area contributed by atoms with Crippen LogP contribution in [0.15, 0.2) is 43.1 Å². The van der Waals surface area contributed by atoms with E-state index in [2.05, 4.69) is 11.5 Å². The van der Waals surface area contributed by atoms with E-state index in [-0.39, 0.29) is 11.8 Å². The van der Waals surface area contributed by atoms with Crippen molar-refractivity contribution in [2.24, 2.45) is 11.8 Å². The van der Waals surface area contributed by atoms with Crippen LogP contribution in [0.1, 0.15) is 28.6 Å². The minimum absolute atomic E-state index is 0.0344. The molecule has 3 aliphatic rings. The number of rotatable bonds is 4. The first-order valence-corrected chi connectivity index (χ1v) is 8.66. The van der Waals surface area contributed by atoms with Crippen LogP contribution in [0.5, 0.6) is 5.75 Å². The number of pyridine rings is 1. The summed E-state index contributed by atoms with van der Waals surface area (Å²) >= 11 is 0. The zero-order chi connectivity index (χ0) is 20.1. The van der Waals surface area contributed by atoms with Crippen LogP contribution in [-0.4, -0.2) is 36.2 Å². The zero-order valence-electron chi connectivity index (χ0n) is 17.0. The van der Waals surface area contributed by atoms with E-state index >= 15 is 0 Å². The van der Waals surface area contributed by atoms with Crippen molar-refractivity contribution in [2.45, 2.75) is 25.0 Å². The maximum absolute atomic E-state index is 12.2. The van der Waals surface area contributed by atoms with Crippen molar-refractivity contribution in [1.82, 2.24) is 4.90 Å². The number of benzene rings is 1. The molecular weight excluding hydrogens is 316 g/mol. The molecule has 25 heavy (non-hydrogen) atoms. The van der Waals surface area contributed by atoms with E-state index in [1.54, 1.807) is 6.07 Å². The minimum atomic E-state index is -2.58. The number of aromatic nitrogens is 1. The summed E-state index contributed by atoms with van der Waals surface area (Å²) in [6.45, 7) is 5.76. The highest BCUT2D eigenvalue weighted by atomic mass is 16.5. The molecule has 1 aromatic carbocycles. The lowest BCUT2D eigenvalue weighted by atomic mass is 9.73. The fraction of sp³-hybridized carbons (Fsp3) is 0.450. The molecule has 3 aliphatic heterocycles. The molecule has 2 aromatic rings. The van der Waals surface area contributed by atoms with Crippen LogP contribution in [0.4, 0.5) is 0 Å². The third kappa shape index (κ3) is 2.68. The summed E-state index contributed by atoms with van der Waals surface area (Å²) < 4.78 is 27.6. The molecule has 0 radical (unpaired) electrons. The summed E-state index contributed by atoms with van der Waals surface area (Å²) in [5.74, 6) is 1.10. The molecule has 0 aliphatic carbocycles. The quantitative estimate of drug-likeness (QED) is 0.526. The van der Waals surface area contributed by atoms with E-state index in [0.29, 0.717) is 33.0 Å². The van der Waals surface area contributed by atoms with Gasteiger partial charge in [-0.2, -0.15) is 4.73 Å². The second-order valence-electron chi connectivity index (χ2n) is 7.07. The Morgan fingerprint density at radius 3 is 3.12 bits per heavy atom. The van der Waals surface area contributed by atoms with E-state index in [9.17, 15) is 10.3 Å². The highest BCUT2D eigenvalue weighted by Crippen LogP contribution is 2.42. The Labute approximate surface area is 151 Å². The number of piperidine rings is 3. The first-order chi connectivity index (χ1) is 13.3. The normalized spacial score (nSPS) is 31.8. The topological polar surface area (TPSA) is 59.6 Å². The first kappa shape index (κ1) is 13.1. The van der Waals surface area contributed by atoms with Gasteiger partial charge in [0.15, 0.2) is 6.20 Å². The van der Waals surface area contributed by atoms with Gasteiger partial charge in [-0.3, -0.25) is 4.90 Å². The standard InChI is InChI=1S/C20H24N2O3/c1-3-13-12-21-8-6-14(13)10-19(21)20(23)16-7-9-22(24)18-5-4-15(25-2)11-17(16)18/h3-5,7,9,11,13-14,19-20,23H,1,6,8,10,12H2,2H3/t13-,14-,19+,20-/m0/s1/i2D3. The zero-order valence-corrected chi connectivity index (χ0v) is 14.0. The molecule has 0 saturated carbocycles. The van der Waals surface area contributed by atoms with E-state index in [0.717, 1.165) is 25.9 Å². The predicted octanol–water partition coefficient (Wildman–Crippen LogP) is 2.41. The van der Waals surface area contributed by atoms with Crippen LogP contribution < -0.4 is 9.47 Å². The Morgan fingerprint density at radius 1 is 1.52 bits per heavy atom. The summed E-state index contributed by atoms with van der Waals surface area (Å²) in [4.78, 5) is 2.30. The molecule has 1 N–H and O–H groups in total. The number of fused-ring (bicyclic) bond motifs is 4. The molecule has 5 rings (SSSR count). The van der Waals surface area contributed by atoms with E-state index < -0.39 is 13.1 Å². The Kier molecular flexibility index (Phi) is 3.32. The van der Waals surface area contributed by atoms with Gasteiger partial charge in [0.25, 0.3) is 0 Å². The molecular formula is C20H24N2O3. The van der Waals surface area contributed by atoms with Crippen molar-refractivity contribution >= 4 is 10.9 Å². The van der Waals surface area contributed by atoms with Crippen LogP contribution in [0.3, 0.4) is 0 Å². The average molecular weight is 343 g/mol. The van der Waals surface area contributed by atoms with Crippen LogP contribution in [0.2, 0.25) is 0 Å². The first-order valence-electron chi connectivity index (χ1n) is 10.2. The third-order valence-electron chi connectivity index (χ3n) is 5.86. The summed E-state index contributed by atoms with van der Waals surface area (Å²) in [5.41, 5.74) is 0.986. The molecule has 2 bridgehead atoms. The van der Waals surface area contributed by atoms with Crippen LogP contribution >= 0.6 is 0 Å². The maximum Gasteiger partial charge on any atom is 0.224 e. The molecule has 4 heterocycles. The van der Waals surface area contributed by atoms with Crippen molar-refractivity contribution in [1.29, 1.82) is 0 Å². The molecule has 1 unspecified atom stereocenters. The van der Waals surface area contributed by atoms with Gasteiger partial charge in [0.1, 0.15) is 5.75 Å². The Hall–Kier alpha value is -2.11. The number of aliphatic hydroxyl groups is 1. The molecule has 5 nitrogen and oxygen atoms in total. The molecule has 1 aromatic heterocycles. The molecule has 0 spiro atoms. The van der Waals surface area contributed by atoms with Gasteiger partial charge < -0.3 is 15.1 Å². The van der Waals surface area contributed by atoms with E-state index in [1.807, 2.05) is 6.08 Å². The van der Waals surface area contributed by atoms with Gasteiger partial charge in [0, 0.05) is 30.3 Å². The summed E-state index contributed by atoms with van der Waals surface area (Å²) in [7, 11) is -2.58. The van der Waals surface area contributed by atoms with Gasteiger partial charge >= 0.3 is 0 Å². The van der Waals surface area contributed by atoms with Crippen LogP contribution in [0.25, 0.3) is 10.9 Å². The number of aliphatic hydroxyl groups excluding tert-OH is 1. The highest BCUT2D eigenvalue weighted by Gasteiger charge is 2.42. The second-order valence-corrected chi connectivity index (χ2v) is 7.07. The molecule has 3 fully saturated rings. The van der Waals surface area contributed by atoms with Gasteiger partial charge in [-0.15, -0.1) is 6.58 Å². The summed E-state index contributed by atoms with van der Waals surface area (Å²) in [5, 5.41) is 23.9. The smallest absolute Gasteiger partial charge is 0.224 e. The van der Waals surface area contributed by atoms with Gasteiger partial charge in [-0.25, -0.2) is 0 Å². The molecule has 132 valence electrons. The molecule has 0 amide bonds. The highest BCUT2D eigenvalue weighted by molar-refractivity contribution is 5.81. The number of nitrogens with zero attached hydrogens (tertiary/aromatic N) is 2. The molecule has 3 saturated heterocycles. The molecule has 5 atom stereocenters.